The molecule has 4 heteroatoms. The molecule has 2 bridgehead atoms. The smallest absolute Gasteiger partial charge is 0.191 e. The van der Waals surface area contributed by atoms with Gasteiger partial charge in [0.25, 0.3) is 0 Å². The van der Waals surface area contributed by atoms with E-state index in [0.717, 1.165) is 31.9 Å². The van der Waals surface area contributed by atoms with Gasteiger partial charge in [0.2, 0.25) is 0 Å². The number of nitrogens with one attached hydrogen (secondary N) is 2. The second-order valence-corrected chi connectivity index (χ2v) is 5.80. The van der Waals surface area contributed by atoms with Crippen LogP contribution >= 0.6 is 0 Å². The third-order valence-corrected chi connectivity index (χ3v) is 3.75. The molecule has 0 aromatic carbocycles. The van der Waals surface area contributed by atoms with E-state index in [2.05, 4.69) is 36.4 Å². The lowest BCUT2D eigenvalue weighted by molar-refractivity contribution is 0.0992. The molecule has 0 radical (unpaired) electrons. The highest BCUT2D eigenvalue weighted by molar-refractivity contribution is 5.80. The highest BCUT2D eigenvalue weighted by Crippen LogP contribution is 2.34. The number of aliphatic imine (C=N–C) groups is 1. The number of nitrogens with zero attached hydrogens (tertiary/aromatic N) is 1. The van der Waals surface area contributed by atoms with Gasteiger partial charge in [-0.25, -0.2) is 0 Å². The lowest BCUT2D eigenvalue weighted by Gasteiger charge is -2.22. The maximum atomic E-state index is 5.86. The van der Waals surface area contributed by atoms with Gasteiger partial charge in [0.15, 0.2) is 5.96 Å². The van der Waals surface area contributed by atoms with Crippen molar-refractivity contribution in [2.45, 2.75) is 64.7 Å². The number of ether oxygens (including phenoxy) is 1. The molecule has 2 fully saturated rings. The van der Waals surface area contributed by atoms with E-state index >= 15 is 0 Å². The van der Waals surface area contributed by atoms with E-state index in [1.54, 1.807) is 0 Å². The number of guanidine groups is 1. The summed E-state index contributed by atoms with van der Waals surface area (Å²) in [6.07, 6.45) is 5.62. The molecule has 104 valence electrons. The van der Waals surface area contributed by atoms with Crippen molar-refractivity contribution in [1.29, 1.82) is 0 Å². The van der Waals surface area contributed by atoms with Crippen molar-refractivity contribution in [2.75, 3.05) is 13.1 Å². The molecule has 2 saturated heterocycles. The van der Waals surface area contributed by atoms with Crippen LogP contribution in [0.25, 0.3) is 0 Å². The summed E-state index contributed by atoms with van der Waals surface area (Å²) in [4.78, 5) is 4.64. The van der Waals surface area contributed by atoms with Crippen LogP contribution < -0.4 is 10.6 Å². The fraction of sp³-hybridized carbons (Fsp3) is 0.929. The third kappa shape index (κ3) is 3.61. The molecule has 0 aromatic heterocycles. The zero-order chi connectivity index (χ0) is 13.0. The lowest BCUT2D eigenvalue weighted by Crippen LogP contribution is -2.47. The van der Waals surface area contributed by atoms with Crippen molar-refractivity contribution in [2.24, 2.45) is 10.9 Å². The SMILES string of the molecule is CCNC(=NCCC(C)C)NC1CC2CCC1O2. The first kappa shape index (κ1) is 13.7. The van der Waals surface area contributed by atoms with Crippen molar-refractivity contribution in [1.82, 2.24) is 10.6 Å². The summed E-state index contributed by atoms with van der Waals surface area (Å²) in [6.45, 7) is 8.39. The Morgan fingerprint density at radius 3 is 2.78 bits per heavy atom. The largest absolute Gasteiger partial charge is 0.373 e. The first-order valence-electron chi connectivity index (χ1n) is 7.39. The van der Waals surface area contributed by atoms with Crippen LogP contribution in [-0.4, -0.2) is 37.3 Å². The van der Waals surface area contributed by atoms with E-state index in [0.29, 0.717) is 24.2 Å². The van der Waals surface area contributed by atoms with E-state index in [4.69, 9.17) is 4.74 Å². The van der Waals surface area contributed by atoms with Gasteiger partial charge in [-0.2, -0.15) is 0 Å². The predicted molar refractivity (Wildman–Crippen MR) is 74.9 cm³/mol. The van der Waals surface area contributed by atoms with Gasteiger partial charge < -0.3 is 15.4 Å². The maximum Gasteiger partial charge on any atom is 0.191 e. The minimum absolute atomic E-state index is 0.406. The highest BCUT2D eigenvalue weighted by Gasteiger charge is 2.41. The van der Waals surface area contributed by atoms with Gasteiger partial charge in [0.1, 0.15) is 0 Å². The first-order valence-corrected chi connectivity index (χ1v) is 7.39. The third-order valence-electron chi connectivity index (χ3n) is 3.75. The zero-order valence-electron chi connectivity index (χ0n) is 11.9. The summed E-state index contributed by atoms with van der Waals surface area (Å²) in [5, 5.41) is 6.86. The topological polar surface area (TPSA) is 45.7 Å². The highest BCUT2D eigenvalue weighted by atomic mass is 16.5. The average molecular weight is 253 g/mol. The first-order chi connectivity index (χ1) is 8.69. The Bertz CT molecular complexity index is 291. The van der Waals surface area contributed by atoms with Gasteiger partial charge in [-0.15, -0.1) is 0 Å². The van der Waals surface area contributed by atoms with Gasteiger partial charge >= 0.3 is 0 Å². The quantitative estimate of drug-likeness (QED) is 0.581. The molecular weight excluding hydrogens is 226 g/mol. The molecule has 0 aliphatic carbocycles. The summed E-state index contributed by atoms with van der Waals surface area (Å²) in [7, 11) is 0. The lowest BCUT2D eigenvalue weighted by atomic mass is 9.96. The van der Waals surface area contributed by atoms with Gasteiger partial charge in [-0.3, -0.25) is 4.99 Å². The van der Waals surface area contributed by atoms with E-state index in [1.165, 1.54) is 12.8 Å². The second kappa shape index (κ2) is 6.41. The Balaban J connectivity index is 1.82. The Kier molecular flexibility index (Phi) is 4.87. The van der Waals surface area contributed by atoms with Crippen molar-refractivity contribution >= 4 is 5.96 Å². The van der Waals surface area contributed by atoms with Gasteiger partial charge in [-0.1, -0.05) is 13.8 Å². The van der Waals surface area contributed by atoms with Crippen LogP contribution in [0.4, 0.5) is 0 Å². The van der Waals surface area contributed by atoms with Crippen LogP contribution in [0, 0.1) is 5.92 Å². The van der Waals surface area contributed by atoms with E-state index < -0.39 is 0 Å². The predicted octanol–water partition coefficient (Wildman–Crippen LogP) is 1.91. The van der Waals surface area contributed by atoms with Gasteiger partial charge in [0.05, 0.1) is 18.2 Å². The van der Waals surface area contributed by atoms with Crippen LogP contribution in [0.2, 0.25) is 0 Å². The maximum absolute atomic E-state index is 5.86. The zero-order valence-corrected chi connectivity index (χ0v) is 11.9. The minimum atomic E-state index is 0.406. The number of rotatable bonds is 5. The Labute approximate surface area is 111 Å². The Morgan fingerprint density at radius 1 is 1.39 bits per heavy atom. The molecule has 18 heavy (non-hydrogen) atoms. The van der Waals surface area contributed by atoms with Crippen LogP contribution in [0.15, 0.2) is 4.99 Å². The molecule has 2 rings (SSSR count). The van der Waals surface area contributed by atoms with E-state index in [1.807, 2.05) is 0 Å². The Morgan fingerprint density at radius 2 is 2.22 bits per heavy atom. The van der Waals surface area contributed by atoms with Crippen LogP contribution in [0.5, 0.6) is 0 Å². The van der Waals surface area contributed by atoms with E-state index in [9.17, 15) is 0 Å². The average Bonchev–Trinajstić information content (AvgIpc) is 2.90. The Hall–Kier alpha value is -0.770. The number of hydrogen-bond donors (Lipinski definition) is 2. The van der Waals surface area contributed by atoms with Crippen molar-refractivity contribution < 1.29 is 4.74 Å². The molecule has 3 atom stereocenters. The summed E-state index contributed by atoms with van der Waals surface area (Å²) in [6, 6.07) is 0.459. The molecule has 2 aliphatic heterocycles. The second-order valence-electron chi connectivity index (χ2n) is 5.80. The standard InChI is InChI=1S/C14H27N3O/c1-4-15-14(16-8-7-10(2)3)17-12-9-11-5-6-13(12)18-11/h10-13H,4-9H2,1-3H3,(H2,15,16,17). The monoisotopic (exact) mass is 253 g/mol. The van der Waals surface area contributed by atoms with Gasteiger partial charge in [-0.05, 0) is 38.5 Å². The summed E-state index contributed by atoms with van der Waals surface area (Å²) in [5.74, 6) is 1.67. The molecule has 2 N–H and O–H groups in total. The van der Waals surface area contributed by atoms with Crippen molar-refractivity contribution in [3.8, 4) is 0 Å². The van der Waals surface area contributed by atoms with Crippen LogP contribution in [0.3, 0.4) is 0 Å². The van der Waals surface area contributed by atoms with Crippen LogP contribution in [0.1, 0.15) is 46.5 Å². The molecule has 0 spiro atoms. The van der Waals surface area contributed by atoms with E-state index in [-0.39, 0.29) is 0 Å². The number of fused-ring (bicyclic) bond motifs is 2. The van der Waals surface area contributed by atoms with Gasteiger partial charge in [0, 0.05) is 13.1 Å². The molecular formula is C14H27N3O. The summed E-state index contributed by atoms with van der Waals surface area (Å²) in [5.41, 5.74) is 0. The number of hydrogen-bond acceptors (Lipinski definition) is 2. The molecule has 0 amide bonds. The molecule has 2 aliphatic rings. The molecule has 0 saturated carbocycles. The minimum Gasteiger partial charge on any atom is -0.373 e. The summed E-state index contributed by atoms with van der Waals surface area (Å²) < 4.78 is 5.86. The fourth-order valence-electron chi connectivity index (χ4n) is 2.72. The van der Waals surface area contributed by atoms with Crippen molar-refractivity contribution in [3.05, 3.63) is 0 Å². The normalized spacial score (nSPS) is 31.1. The van der Waals surface area contributed by atoms with Crippen molar-refractivity contribution in [3.63, 3.8) is 0 Å². The summed E-state index contributed by atoms with van der Waals surface area (Å²) >= 11 is 0. The molecule has 3 unspecified atom stereocenters. The molecule has 4 nitrogen and oxygen atoms in total. The molecule has 2 heterocycles. The molecule has 0 aromatic rings. The fourth-order valence-corrected chi connectivity index (χ4v) is 2.72. The van der Waals surface area contributed by atoms with Crippen LogP contribution in [-0.2, 0) is 4.74 Å².